The Balaban J connectivity index is 1.50. The molecule has 6 nitrogen and oxygen atoms in total. The number of anilines is 1. The fourth-order valence-corrected chi connectivity index (χ4v) is 4.48. The van der Waals surface area contributed by atoms with Crippen molar-refractivity contribution >= 4 is 17.5 Å². The molecule has 1 aromatic carbocycles. The van der Waals surface area contributed by atoms with Gasteiger partial charge in [-0.15, -0.1) is 0 Å². The van der Waals surface area contributed by atoms with Gasteiger partial charge in [-0.05, 0) is 50.3 Å². The lowest BCUT2D eigenvalue weighted by atomic mass is 9.84. The standard InChI is InChI=1S/C19H25FN4O2/c1-10-4-5-13(20)12-9-14(23-15(10)12)18(25)24-17-16-11(3-2-7-21-16)6-8-22-19(17)26/h4-5,11,14,16-17,21,23H,2-3,6-9H2,1H3,(H,22,26)(H,24,25). The van der Waals surface area contributed by atoms with Crippen LogP contribution in [0.2, 0.25) is 0 Å². The molecular formula is C19H25FN4O2. The maximum atomic E-state index is 14.1. The Labute approximate surface area is 152 Å². The van der Waals surface area contributed by atoms with Crippen molar-refractivity contribution in [2.45, 2.75) is 50.7 Å². The van der Waals surface area contributed by atoms with Gasteiger partial charge in [0.2, 0.25) is 11.8 Å². The van der Waals surface area contributed by atoms with E-state index in [1.807, 2.05) is 6.92 Å². The van der Waals surface area contributed by atoms with Crippen LogP contribution >= 0.6 is 0 Å². The van der Waals surface area contributed by atoms with E-state index in [4.69, 9.17) is 0 Å². The number of carbonyl (C=O) groups excluding carboxylic acids is 2. The molecule has 4 N–H and O–H groups in total. The summed E-state index contributed by atoms with van der Waals surface area (Å²) in [5, 5.41) is 12.4. The van der Waals surface area contributed by atoms with E-state index in [9.17, 15) is 14.0 Å². The number of carbonyl (C=O) groups is 2. The van der Waals surface area contributed by atoms with Crippen molar-refractivity contribution in [2.24, 2.45) is 5.92 Å². The van der Waals surface area contributed by atoms with Crippen LogP contribution in [0.1, 0.15) is 30.4 Å². The highest BCUT2D eigenvalue weighted by atomic mass is 19.1. The van der Waals surface area contributed by atoms with E-state index in [0.29, 0.717) is 30.1 Å². The molecule has 1 aromatic rings. The molecule has 3 aliphatic heterocycles. The number of benzene rings is 1. The van der Waals surface area contributed by atoms with Gasteiger partial charge in [0, 0.05) is 30.3 Å². The molecule has 4 rings (SSSR count). The first-order valence-electron chi connectivity index (χ1n) is 9.40. The lowest BCUT2D eigenvalue weighted by Crippen LogP contribution is -2.61. The molecule has 0 radical (unpaired) electrons. The first-order valence-corrected chi connectivity index (χ1v) is 9.40. The van der Waals surface area contributed by atoms with E-state index < -0.39 is 12.1 Å². The summed E-state index contributed by atoms with van der Waals surface area (Å²) in [7, 11) is 0. The Bertz CT molecular complexity index is 707. The summed E-state index contributed by atoms with van der Waals surface area (Å²) in [6, 6.07) is 1.95. The molecular weight excluding hydrogens is 335 g/mol. The normalized spacial score (nSPS) is 30.5. The van der Waals surface area contributed by atoms with Gasteiger partial charge >= 0.3 is 0 Å². The van der Waals surface area contributed by atoms with E-state index in [0.717, 1.165) is 31.4 Å². The van der Waals surface area contributed by atoms with Crippen LogP contribution in [0.5, 0.6) is 0 Å². The van der Waals surface area contributed by atoms with Crippen LogP contribution in [0.25, 0.3) is 0 Å². The number of nitrogens with one attached hydrogen (secondary N) is 4. The number of hydrogen-bond donors (Lipinski definition) is 4. The number of fused-ring (bicyclic) bond motifs is 2. The van der Waals surface area contributed by atoms with Gasteiger partial charge in [0.25, 0.3) is 0 Å². The maximum absolute atomic E-state index is 14.1. The van der Waals surface area contributed by atoms with Gasteiger partial charge in [-0.2, -0.15) is 0 Å². The van der Waals surface area contributed by atoms with Crippen molar-refractivity contribution in [1.29, 1.82) is 0 Å². The van der Waals surface area contributed by atoms with Crippen LogP contribution in [-0.2, 0) is 16.0 Å². The molecule has 0 saturated carbocycles. The summed E-state index contributed by atoms with van der Waals surface area (Å²) in [5.74, 6) is -0.317. The summed E-state index contributed by atoms with van der Waals surface area (Å²) in [6.45, 7) is 3.39. The van der Waals surface area contributed by atoms with Crippen molar-refractivity contribution in [3.63, 3.8) is 0 Å². The summed E-state index contributed by atoms with van der Waals surface area (Å²) in [4.78, 5) is 25.3. The van der Waals surface area contributed by atoms with Crippen LogP contribution in [-0.4, -0.2) is 43.0 Å². The molecule has 140 valence electrons. The Morgan fingerprint density at radius 3 is 2.92 bits per heavy atom. The SMILES string of the molecule is Cc1ccc(F)c2c1NC(C(=O)NC1C(=O)NCCC3CCCNC31)C2. The van der Waals surface area contributed by atoms with Gasteiger partial charge in [0.05, 0.1) is 0 Å². The lowest BCUT2D eigenvalue weighted by Gasteiger charge is -2.35. The molecule has 0 spiro atoms. The van der Waals surface area contributed by atoms with Crippen molar-refractivity contribution in [3.8, 4) is 0 Å². The average molecular weight is 360 g/mol. The first kappa shape index (κ1) is 17.3. The van der Waals surface area contributed by atoms with Crippen LogP contribution in [0.4, 0.5) is 10.1 Å². The highest BCUT2D eigenvalue weighted by Crippen LogP contribution is 2.32. The van der Waals surface area contributed by atoms with Gasteiger partial charge in [-0.25, -0.2) is 4.39 Å². The first-order chi connectivity index (χ1) is 12.5. The minimum Gasteiger partial charge on any atom is -0.373 e. The van der Waals surface area contributed by atoms with E-state index in [2.05, 4.69) is 21.3 Å². The number of aryl methyl sites for hydroxylation is 1. The summed E-state index contributed by atoms with van der Waals surface area (Å²) >= 11 is 0. The summed E-state index contributed by atoms with van der Waals surface area (Å²) in [6.07, 6.45) is 3.38. The van der Waals surface area contributed by atoms with Gasteiger partial charge in [-0.3, -0.25) is 9.59 Å². The van der Waals surface area contributed by atoms with Gasteiger partial charge in [-0.1, -0.05) is 6.07 Å². The molecule has 3 aliphatic rings. The van der Waals surface area contributed by atoms with Crippen molar-refractivity contribution in [3.05, 3.63) is 29.1 Å². The van der Waals surface area contributed by atoms with Crippen LogP contribution in [0.3, 0.4) is 0 Å². The minimum absolute atomic E-state index is 0.0440. The number of halogens is 1. The Hall–Kier alpha value is -2.15. The number of rotatable bonds is 2. The largest absolute Gasteiger partial charge is 0.373 e. The Kier molecular flexibility index (Phi) is 4.56. The van der Waals surface area contributed by atoms with Crippen molar-refractivity contribution < 1.29 is 14.0 Å². The average Bonchev–Trinajstić information content (AvgIpc) is 3.04. The molecule has 2 fully saturated rings. The fraction of sp³-hybridized carbons (Fsp3) is 0.579. The summed E-state index contributed by atoms with van der Waals surface area (Å²) in [5.41, 5.74) is 2.16. The number of amides is 2. The van der Waals surface area contributed by atoms with E-state index in [1.54, 1.807) is 6.07 Å². The van der Waals surface area contributed by atoms with Gasteiger partial charge in [0.1, 0.15) is 17.9 Å². The minimum atomic E-state index is -0.591. The highest BCUT2D eigenvalue weighted by molar-refractivity contribution is 5.93. The van der Waals surface area contributed by atoms with Crippen molar-refractivity contribution in [1.82, 2.24) is 16.0 Å². The molecule has 2 amide bonds. The molecule has 2 saturated heterocycles. The molecule has 0 aromatic heterocycles. The zero-order chi connectivity index (χ0) is 18.3. The van der Waals surface area contributed by atoms with E-state index >= 15 is 0 Å². The van der Waals surface area contributed by atoms with Crippen LogP contribution in [0.15, 0.2) is 12.1 Å². The van der Waals surface area contributed by atoms with Gasteiger partial charge in [0.15, 0.2) is 0 Å². The van der Waals surface area contributed by atoms with E-state index in [1.165, 1.54) is 6.07 Å². The second kappa shape index (κ2) is 6.87. The molecule has 4 unspecified atom stereocenters. The second-order valence-electron chi connectivity index (χ2n) is 7.57. The quantitative estimate of drug-likeness (QED) is 0.630. The van der Waals surface area contributed by atoms with Crippen LogP contribution in [0, 0.1) is 18.7 Å². The maximum Gasteiger partial charge on any atom is 0.244 e. The third-order valence-electron chi connectivity index (χ3n) is 5.90. The smallest absolute Gasteiger partial charge is 0.244 e. The Morgan fingerprint density at radius 2 is 2.12 bits per heavy atom. The predicted molar refractivity (Wildman–Crippen MR) is 96.3 cm³/mol. The topological polar surface area (TPSA) is 82.3 Å². The number of hydrogen-bond acceptors (Lipinski definition) is 4. The molecule has 0 bridgehead atoms. The molecule has 3 heterocycles. The summed E-state index contributed by atoms with van der Waals surface area (Å²) < 4.78 is 14.1. The molecule has 7 heteroatoms. The fourth-order valence-electron chi connectivity index (χ4n) is 4.48. The van der Waals surface area contributed by atoms with Crippen LogP contribution < -0.4 is 21.3 Å². The monoisotopic (exact) mass is 360 g/mol. The Morgan fingerprint density at radius 1 is 1.27 bits per heavy atom. The third-order valence-corrected chi connectivity index (χ3v) is 5.90. The molecule has 0 aliphatic carbocycles. The zero-order valence-electron chi connectivity index (χ0n) is 14.9. The lowest BCUT2D eigenvalue weighted by molar-refractivity contribution is -0.130. The molecule has 26 heavy (non-hydrogen) atoms. The van der Waals surface area contributed by atoms with Gasteiger partial charge < -0.3 is 21.3 Å². The molecule has 4 atom stereocenters. The predicted octanol–water partition coefficient (Wildman–Crippen LogP) is 0.844. The number of piperidine rings is 1. The third kappa shape index (κ3) is 3.05. The zero-order valence-corrected chi connectivity index (χ0v) is 14.9. The van der Waals surface area contributed by atoms with E-state index in [-0.39, 0.29) is 23.7 Å². The second-order valence-corrected chi connectivity index (χ2v) is 7.57. The van der Waals surface area contributed by atoms with Crippen molar-refractivity contribution in [2.75, 3.05) is 18.4 Å². The highest BCUT2D eigenvalue weighted by Gasteiger charge is 2.40.